The van der Waals surface area contributed by atoms with Crippen LogP contribution in [0.4, 0.5) is 5.69 Å². The summed E-state index contributed by atoms with van der Waals surface area (Å²) in [6.07, 6.45) is 3.91. The SMILES string of the molecule is CCCOc1cccc(NC(=O)[C@@H]2CCCC[C@@H]2C(=O)O)c1. The van der Waals surface area contributed by atoms with E-state index in [-0.39, 0.29) is 5.91 Å². The molecule has 5 heteroatoms. The first-order valence-electron chi connectivity index (χ1n) is 7.88. The van der Waals surface area contributed by atoms with Crippen molar-refractivity contribution in [1.82, 2.24) is 0 Å². The first kappa shape index (κ1) is 16.3. The number of benzene rings is 1. The summed E-state index contributed by atoms with van der Waals surface area (Å²) in [5.74, 6) is -1.41. The van der Waals surface area contributed by atoms with Crippen LogP contribution in [0.5, 0.6) is 5.75 Å². The van der Waals surface area contributed by atoms with Crippen LogP contribution >= 0.6 is 0 Å². The Balaban J connectivity index is 2.02. The molecule has 0 heterocycles. The molecule has 1 saturated carbocycles. The normalized spacial score (nSPS) is 21.1. The fourth-order valence-electron chi connectivity index (χ4n) is 2.86. The van der Waals surface area contributed by atoms with Crippen molar-refractivity contribution in [2.24, 2.45) is 11.8 Å². The Morgan fingerprint density at radius 3 is 2.68 bits per heavy atom. The highest BCUT2D eigenvalue weighted by molar-refractivity contribution is 5.95. The van der Waals surface area contributed by atoms with E-state index in [1.807, 2.05) is 19.1 Å². The summed E-state index contributed by atoms with van der Waals surface area (Å²) in [6.45, 7) is 2.65. The summed E-state index contributed by atoms with van der Waals surface area (Å²) in [4.78, 5) is 23.7. The summed E-state index contributed by atoms with van der Waals surface area (Å²) in [5.41, 5.74) is 0.647. The van der Waals surface area contributed by atoms with Gasteiger partial charge in [0.05, 0.1) is 18.4 Å². The highest BCUT2D eigenvalue weighted by atomic mass is 16.5. The number of nitrogens with one attached hydrogen (secondary N) is 1. The third-order valence-corrected chi connectivity index (χ3v) is 3.99. The monoisotopic (exact) mass is 305 g/mol. The maximum absolute atomic E-state index is 12.4. The van der Waals surface area contributed by atoms with Gasteiger partial charge in [-0.25, -0.2) is 0 Å². The van der Waals surface area contributed by atoms with E-state index in [0.717, 1.165) is 19.3 Å². The average molecular weight is 305 g/mol. The molecular weight excluding hydrogens is 282 g/mol. The van der Waals surface area contributed by atoms with Crippen LogP contribution in [-0.2, 0) is 9.59 Å². The van der Waals surface area contributed by atoms with Crippen LogP contribution < -0.4 is 10.1 Å². The van der Waals surface area contributed by atoms with Crippen LogP contribution in [0.2, 0.25) is 0 Å². The zero-order valence-electron chi connectivity index (χ0n) is 12.9. The minimum atomic E-state index is -0.875. The molecule has 0 aliphatic heterocycles. The molecule has 1 aliphatic rings. The number of carboxylic acids is 1. The van der Waals surface area contributed by atoms with Crippen LogP contribution in [0.1, 0.15) is 39.0 Å². The summed E-state index contributed by atoms with van der Waals surface area (Å²) < 4.78 is 5.54. The van der Waals surface area contributed by atoms with E-state index >= 15 is 0 Å². The van der Waals surface area contributed by atoms with Crippen molar-refractivity contribution in [3.05, 3.63) is 24.3 Å². The predicted molar refractivity (Wildman–Crippen MR) is 83.9 cm³/mol. The molecule has 0 spiro atoms. The maximum atomic E-state index is 12.4. The third kappa shape index (κ3) is 4.23. The molecule has 2 atom stereocenters. The zero-order chi connectivity index (χ0) is 15.9. The molecule has 0 unspecified atom stereocenters. The van der Waals surface area contributed by atoms with E-state index in [4.69, 9.17) is 4.74 Å². The number of carboxylic acid groups (broad SMARTS) is 1. The Hall–Kier alpha value is -2.04. The lowest BCUT2D eigenvalue weighted by molar-refractivity contribution is -0.147. The van der Waals surface area contributed by atoms with Crippen molar-refractivity contribution >= 4 is 17.6 Å². The molecule has 22 heavy (non-hydrogen) atoms. The zero-order valence-corrected chi connectivity index (χ0v) is 12.9. The lowest BCUT2D eigenvalue weighted by Gasteiger charge is -2.27. The van der Waals surface area contributed by atoms with Gasteiger partial charge in [-0.2, -0.15) is 0 Å². The Labute approximate surface area is 130 Å². The molecule has 1 amide bonds. The van der Waals surface area contributed by atoms with Crippen LogP contribution in [0.15, 0.2) is 24.3 Å². The van der Waals surface area contributed by atoms with Crippen molar-refractivity contribution in [3.63, 3.8) is 0 Å². The van der Waals surface area contributed by atoms with E-state index in [2.05, 4.69) is 5.32 Å². The van der Waals surface area contributed by atoms with Gasteiger partial charge in [0, 0.05) is 11.8 Å². The Bertz CT molecular complexity index is 529. The second-order valence-corrected chi connectivity index (χ2v) is 5.70. The quantitative estimate of drug-likeness (QED) is 0.845. The van der Waals surface area contributed by atoms with Gasteiger partial charge in [-0.1, -0.05) is 25.8 Å². The van der Waals surface area contributed by atoms with Gasteiger partial charge >= 0.3 is 5.97 Å². The number of hydrogen-bond acceptors (Lipinski definition) is 3. The van der Waals surface area contributed by atoms with Gasteiger partial charge in [0.15, 0.2) is 0 Å². The number of anilines is 1. The summed E-state index contributed by atoms with van der Waals surface area (Å²) >= 11 is 0. The Morgan fingerprint density at radius 1 is 1.27 bits per heavy atom. The number of ether oxygens (including phenoxy) is 1. The largest absolute Gasteiger partial charge is 0.494 e. The summed E-state index contributed by atoms with van der Waals surface area (Å²) in [5, 5.41) is 12.1. The Morgan fingerprint density at radius 2 is 2.00 bits per heavy atom. The van der Waals surface area contributed by atoms with Crippen molar-refractivity contribution in [1.29, 1.82) is 0 Å². The van der Waals surface area contributed by atoms with Gasteiger partial charge in [-0.15, -0.1) is 0 Å². The molecule has 0 aromatic heterocycles. The smallest absolute Gasteiger partial charge is 0.307 e. The molecule has 1 aliphatic carbocycles. The molecule has 5 nitrogen and oxygen atoms in total. The number of hydrogen-bond donors (Lipinski definition) is 2. The van der Waals surface area contributed by atoms with Crippen LogP contribution in [0, 0.1) is 11.8 Å². The van der Waals surface area contributed by atoms with Crippen molar-refractivity contribution in [3.8, 4) is 5.75 Å². The highest BCUT2D eigenvalue weighted by Gasteiger charge is 2.35. The molecule has 120 valence electrons. The predicted octanol–water partition coefficient (Wildman–Crippen LogP) is 3.30. The van der Waals surface area contributed by atoms with Crippen molar-refractivity contribution in [2.45, 2.75) is 39.0 Å². The molecular formula is C17H23NO4. The van der Waals surface area contributed by atoms with E-state index in [0.29, 0.717) is 30.9 Å². The minimum Gasteiger partial charge on any atom is -0.494 e. The average Bonchev–Trinajstić information content (AvgIpc) is 2.53. The van der Waals surface area contributed by atoms with Gasteiger partial charge in [0.2, 0.25) is 5.91 Å². The number of rotatable bonds is 6. The molecule has 0 bridgehead atoms. The van der Waals surface area contributed by atoms with Gasteiger partial charge in [0.25, 0.3) is 0 Å². The first-order chi connectivity index (χ1) is 10.6. The van der Waals surface area contributed by atoms with E-state index in [1.165, 1.54) is 0 Å². The highest BCUT2D eigenvalue weighted by Crippen LogP contribution is 2.31. The number of amides is 1. The second kappa shape index (κ2) is 7.82. The minimum absolute atomic E-state index is 0.209. The van der Waals surface area contributed by atoms with Gasteiger partial charge < -0.3 is 15.2 Å². The van der Waals surface area contributed by atoms with Gasteiger partial charge in [0.1, 0.15) is 5.75 Å². The van der Waals surface area contributed by atoms with E-state index in [1.54, 1.807) is 12.1 Å². The van der Waals surface area contributed by atoms with Crippen LogP contribution in [0.3, 0.4) is 0 Å². The summed E-state index contributed by atoms with van der Waals surface area (Å²) in [6, 6.07) is 7.21. The van der Waals surface area contributed by atoms with E-state index in [9.17, 15) is 14.7 Å². The molecule has 1 fully saturated rings. The standard InChI is InChI=1S/C17H23NO4/c1-2-10-22-13-7-5-6-12(11-13)18-16(19)14-8-3-4-9-15(14)17(20)21/h5-7,11,14-15H,2-4,8-10H2,1H3,(H,18,19)(H,20,21)/t14-,15+/m1/s1. The lowest BCUT2D eigenvalue weighted by Crippen LogP contribution is -2.36. The fourth-order valence-corrected chi connectivity index (χ4v) is 2.86. The van der Waals surface area contributed by atoms with Crippen molar-refractivity contribution in [2.75, 3.05) is 11.9 Å². The van der Waals surface area contributed by atoms with Gasteiger partial charge in [-0.3, -0.25) is 9.59 Å². The number of carbonyl (C=O) groups excluding carboxylic acids is 1. The second-order valence-electron chi connectivity index (χ2n) is 5.70. The van der Waals surface area contributed by atoms with Crippen molar-refractivity contribution < 1.29 is 19.4 Å². The van der Waals surface area contributed by atoms with Crippen LogP contribution in [0.25, 0.3) is 0 Å². The molecule has 1 aromatic carbocycles. The number of carbonyl (C=O) groups is 2. The topological polar surface area (TPSA) is 75.6 Å². The molecule has 0 saturated heterocycles. The summed E-state index contributed by atoms with van der Waals surface area (Å²) in [7, 11) is 0. The molecule has 0 radical (unpaired) electrons. The molecule has 2 N–H and O–H groups in total. The van der Waals surface area contributed by atoms with E-state index < -0.39 is 17.8 Å². The Kier molecular flexibility index (Phi) is 5.81. The number of aliphatic carboxylic acids is 1. The fraction of sp³-hybridized carbons (Fsp3) is 0.529. The maximum Gasteiger partial charge on any atom is 0.307 e. The third-order valence-electron chi connectivity index (χ3n) is 3.99. The first-order valence-corrected chi connectivity index (χ1v) is 7.88. The molecule has 2 rings (SSSR count). The molecule has 1 aromatic rings. The van der Waals surface area contributed by atoms with Crippen LogP contribution in [-0.4, -0.2) is 23.6 Å². The lowest BCUT2D eigenvalue weighted by atomic mass is 9.78. The van der Waals surface area contributed by atoms with Gasteiger partial charge in [-0.05, 0) is 31.4 Å².